The molecule has 6 heteroatoms. The molecule has 0 radical (unpaired) electrons. The van der Waals surface area contributed by atoms with Crippen molar-refractivity contribution in [1.82, 2.24) is 24.1 Å². The van der Waals surface area contributed by atoms with Crippen molar-refractivity contribution in [2.24, 2.45) is 0 Å². The van der Waals surface area contributed by atoms with Crippen LogP contribution >= 0.6 is 11.3 Å². The number of fused-ring (bicyclic) bond motifs is 9. The molecule has 11 rings (SSSR count). The topological polar surface area (TPSA) is 48.5 Å². The van der Waals surface area contributed by atoms with Crippen LogP contribution in [-0.2, 0) is 0 Å². The summed E-state index contributed by atoms with van der Waals surface area (Å²) < 4.78 is 6.90. The van der Waals surface area contributed by atoms with Gasteiger partial charge in [0.25, 0.3) is 0 Å². The van der Waals surface area contributed by atoms with Crippen molar-refractivity contribution in [3.05, 3.63) is 164 Å². The van der Waals surface area contributed by atoms with Crippen molar-refractivity contribution >= 4 is 75.1 Å². The molecular weight excluding hydrogens is 643 g/mol. The Bertz CT molecular complexity index is 2930. The van der Waals surface area contributed by atoms with E-state index in [-0.39, 0.29) is 0 Å². The van der Waals surface area contributed by atoms with E-state index >= 15 is 0 Å². The van der Waals surface area contributed by atoms with Crippen LogP contribution < -0.4 is 0 Å². The minimum absolute atomic E-state index is 0.572. The van der Waals surface area contributed by atoms with Crippen molar-refractivity contribution in [2.75, 3.05) is 0 Å². The Kier molecular flexibility index (Phi) is 6.05. The Labute approximate surface area is 296 Å². The molecule has 7 aromatic carbocycles. The highest BCUT2D eigenvalue weighted by atomic mass is 32.1. The molecule has 0 fully saturated rings. The van der Waals surface area contributed by atoms with Crippen LogP contribution in [0.15, 0.2) is 164 Å². The average molecular weight is 670 g/mol. The summed E-state index contributed by atoms with van der Waals surface area (Å²) in [5.74, 6) is 1.76. The van der Waals surface area contributed by atoms with E-state index in [2.05, 4.69) is 173 Å². The van der Waals surface area contributed by atoms with Crippen molar-refractivity contribution in [1.29, 1.82) is 0 Å². The number of benzene rings is 7. The lowest BCUT2D eigenvalue weighted by Crippen LogP contribution is -2.10. The number of hydrogen-bond acceptors (Lipinski definition) is 4. The number of rotatable bonds is 4. The molecule has 0 amide bonds. The SMILES string of the molecule is c1ccc(-c2cccc3sc4ccccc4c23)c(-c2nc(-n3c4ccccc4c4ccccc43)nc(-n3c4ccccc4c4ccccc43)n2)c1. The molecule has 0 saturated heterocycles. The van der Waals surface area contributed by atoms with Crippen LogP contribution in [0.2, 0.25) is 0 Å². The lowest BCUT2D eigenvalue weighted by molar-refractivity contribution is 0.893. The van der Waals surface area contributed by atoms with E-state index in [1.807, 2.05) is 11.3 Å². The first kappa shape index (κ1) is 28.2. The molecule has 51 heavy (non-hydrogen) atoms. The van der Waals surface area contributed by atoms with Gasteiger partial charge in [-0.1, -0.05) is 127 Å². The maximum absolute atomic E-state index is 5.36. The molecule has 4 heterocycles. The molecule has 0 unspecified atom stereocenters. The second-order valence-corrected chi connectivity index (χ2v) is 13.9. The van der Waals surface area contributed by atoms with E-state index in [4.69, 9.17) is 15.0 Å². The summed E-state index contributed by atoms with van der Waals surface area (Å²) in [5.41, 5.74) is 7.39. The molecule has 0 aliphatic heterocycles. The number of hydrogen-bond donors (Lipinski definition) is 0. The summed E-state index contributed by atoms with van der Waals surface area (Å²) in [6.45, 7) is 0. The highest BCUT2D eigenvalue weighted by Gasteiger charge is 2.22. The van der Waals surface area contributed by atoms with Gasteiger partial charge in [0.05, 0.1) is 22.1 Å². The molecule has 0 atom stereocenters. The molecule has 0 bridgehead atoms. The molecular formula is C45H27N5S. The van der Waals surface area contributed by atoms with Gasteiger partial charge in [0, 0.05) is 47.3 Å². The van der Waals surface area contributed by atoms with Crippen molar-refractivity contribution in [3.63, 3.8) is 0 Å². The van der Waals surface area contributed by atoms with Gasteiger partial charge in [0.1, 0.15) is 0 Å². The maximum Gasteiger partial charge on any atom is 0.240 e. The zero-order chi connectivity index (χ0) is 33.5. The fraction of sp³-hybridized carbons (Fsp3) is 0. The number of nitrogens with zero attached hydrogens (tertiary/aromatic N) is 5. The van der Waals surface area contributed by atoms with E-state index in [1.165, 1.54) is 20.2 Å². The molecule has 238 valence electrons. The first-order valence-electron chi connectivity index (χ1n) is 17.0. The highest BCUT2D eigenvalue weighted by molar-refractivity contribution is 7.25. The summed E-state index contributed by atoms with van der Waals surface area (Å²) >= 11 is 1.83. The zero-order valence-corrected chi connectivity index (χ0v) is 28.0. The van der Waals surface area contributed by atoms with Crippen LogP contribution in [0, 0.1) is 0 Å². The summed E-state index contributed by atoms with van der Waals surface area (Å²) in [6.07, 6.45) is 0. The Hall–Kier alpha value is -6.63. The fourth-order valence-electron chi connectivity index (χ4n) is 7.86. The summed E-state index contributed by atoms with van der Waals surface area (Å²) in [6, 6.07) is 57.7. The van der Waals surface area contributed by atoms with Crippen molar-refractivity contribution < 1.29 is 0 Å². The molecule has 4 aromatic heterocycles. The Morgan fingerprint density at radius 2 is 0.745 bits per heavy atom. The third-order valence-electron chi connectivity index (χ3n) is 10.0. The van der Waals surface area contributed by atoms with Crippen LogP contribution in [0.1, 0.15) is 0 Å². The van der Waals surface area contributed by atoms with E-state index in [1.54, 1.807) is 0 Å². The van der Waals surface area contributed by atoms with Gasteiger partial charge in [-0.25, -0.2) is 0 Å². The van der Waals surface area contributed by atoms with Gasteiger partial charge in [-0.05, 0) is 47.5 Å². The smallest absolute Gasteiger partial charge is 0.240 e. The molecule has 0 N–H and O–H groups in total. The van der Waals surface area contributed by atoms with Gasteiger partial charge in [0.2, 0.25) is 11.9 Å². The standard InChI is InChI=1S/C45H27N5S/c1-2-19-34(28(14-1)33-21-13-27-41-42(33)35-20-7-12-26-40(35)51-41)43-46-44(49-36-22-8-3-15-29(36)30-16-4-9-23-37(30)49)48-45(47-43)50-38-24-10-5-17-31(38)32-18-6-11-25-39(32)50/h1-27H. The highest BCUT2D eigenvalue weighted by Crippen LogP contribution is 2.43. The lowest BCUT2D eigenvalue weighted by Gasteiger charge is -2.15. The summed E-state index contributed by atoms with van der Waals surface area (Å²) in [4.78, 5) is 16.1. The number of para-hydroxylation sites is 4. The van der Waals surface area contributed by atoms with Crippen molar-refractivity contribution in [2.45, 2.75) is 0 Å². The Morgan fingerprint density at radius 1 is 0.333 bits per heavy atom. The number of thiophene rings is 1. The third-order valence-corrected chi connectivity index (χ3v) is 11.2. The van der Waals surface area contributed by atoms with E-state index in [0.717, 1.165) is 60.3 Å². The second kappa shape index (κ2) is 10.9. The van der Waals surface area contributed by atoms with Crippen LogP contribution in [-0.4, -0.2) is 24.1 Å². The van der Waals surface area contributed by atoms with Gasteiger partial charge in [-0.15, -0.1) is 11.3 Å². The third kappa shape index (κ3) is 4.17. The van der Waals surface area contributed by atoms with Crippen LogP contribution in [0.4, 0.5) is 0 Å². The van der Waals surface area contributed by atoms with Gasteiger partial charge < -0.3 is 0 Å². The monoisotopic (exact) mass is 669 g/mol. The maximum atomic E-state index is 5.36. The van der Waals surface area contributed by atoms with Gasteiger partial charge >= 0.3 is 0 Å². The van der Waals surface area contributed by atoms with Crippen LogP contribution in [0.5, 0.6) is 0 Å². The lowest BCUT2D eigenvalue weighted by atomic mass is 9.95. The van der Waals surface area contributed by atoms with E-state index in [9.17, 15) is 0 Å². The van der Waals surface area contributed by atoms with Crippen LogP contribution in [0.3, 0.4) is 0 Å². The zero-order valence-electron chi connectivity index (χ0n) is 27.2. The summed E-state index contributed by atoms with van der Waals surface area (Å²) in [7, 11) is 0. The van der Waals surface area contributed by atoms with Gasteiger partial charge in [-0.2, -0.15) is 15.0 Å². The molecule has 5 nitrogen and oxygen atoms in total. The number of aromatic nitrogens is 5. The van der Waals surface area contributed by atoms with Gasteiger partial charge in [0.15, 0.2) is 5.82 Å². The predicted octanol–water partition coefficient (Wildman–Crippen LogP) is 11.8. The second-order valence-electron chi connectivity index (χ2n) is 12.8. The van der Waals surface area contributed by atoms with Crippen molar-refractivity contribution in [3.8, 4) is 34.4 Å². The Balaban J connectivity index is 1.25. The molecule has 0 saturated carbocycles. The normalized spacial score (nSPS) is 11.9. The first-order valence-corrected chi connectivity index (χ1v) is 17.9. The largest absolute Gasteiger partial charge is 0.278 e. The Morgan fingerprint density at radius 3 is 1.29 bits per heavy atom. The molecule has 0 aliphatic carbocycles. The minimum atomic E-state index is 0.572. The quantitative estimate of drug-likeness (QED) is 0.187. The average Bonchev–Trinajstić information content (AvgIpc) is 3.86. The van der Waals surface area contributed by atoms with E-state index in [0.29, 0.717) is 17.7 Å². The van der Waals surface area contributed by atoms with Crippen LogP contribution in [0.25, 0.3) is 98.2 Å². The molecule has 11 aromatic rings. The molecule has 0 aliphatic rings. The fourth-order valence-corrected chi connectivity index (χ4v) is 8.99. The van der Waals surface area contributed by atoms with E-state index < -0.39 is 0 Å². The first-order chi connectivity index (χ1) is 25.3. The summed E-state index contributed by atoms with van der Waals surface area (Å²) in [5, 5.41) is 7.14. The minimum Gasteiger partial charge on any atom is -0.278 e. The van der Waals surface area contributed by atoms with Gasteiger partial charge in [-0.3, -0.25) is 9.13 Å². The molecule has 0 spiro atoms. The predicted molar refractivity (Wildman–Crippen MR) is 212 cm³/mol.